The number of hydrogen-bond donors (Lipinski definition) is 2. The van der Waals surface area contributed by atoms with Gasteiger partial charge in [-0.2, -0.15) is 0 Å². The van der Waals surface area contributed by atoms with Gasteiger partial charge in [-0.25, -0.2) is 4.39 Å². The zero-order chi connectivity index (χ0) is 17.0. The van der Waals surface area contributed by atoms with Crippen LogP contribution in [0.5, 0.6) is 0 Å². The maximum absolute atomic E-state index is 13.3. The lowest BCUT2D eigenvalue weighted by Crippen LogP contribution is -2.52. The summed E-state index contributed by atoms with van der Waals surface area (Å²) in [6.07, 6.45) is 8.02. The van der Waals surface area contributed by atoms with Crippen LogP contribution in [0.25, 0.3) is 0 Å². The molecule has 0 spiro atoms. The highest BCUT2D eigenvalue weighted by Crippen LogP contribution is 2.45. The second kappa shape index (κ2) is 7.64. The molecule has 132 valence electrons. The van der Waals surface area contributed by atoms with Crippen molar-refractivity contribution in [2.75, 3.05) is 13.1 Å². The second-order valence-electron chi connectivity index (χ2n) is 7.49. The van der Waals surface area contributed by atoms with Gasteiger partial charge < -0.3 is 10.6 Å². The van der Waals surface area contributed by atoms with Crippen molar-refractivity contribution in [2.45, 2.75) is 57.9 Å². The van der Waals surface area contributed by atoms with Gasteiger partial charge >= 0.3 is 0 Å². The van der Waals surface area contributed by atoms with Crippen LogP contribution in [0.3, 0.4) is 0 Å². The summed E-state index contributed by atoms with van der Waals surface area (Å²) in [6, 6.07) is 6.35. The van der Waals surface area contributed by atoms with Gasteiger partial charge in [0.05, 0.1) is 11.5 Å². The summed E-state index contributed by atoms with van der Waals surface area (Å²) >= 11 is 0. The Morgan fingerprint density at radius 2 is 1.79 bits per heavy atom. The molecule has 0 radical (unpaired) electrons. The first-order valence-corrected chi connectivity index (χ1v) is 9.39. The lowest BCUT2D eigenvalue weighted by molar-refractivity contribution is -0.138. The Balaban J connectivity index is 1.74. The van der Waals surface area contributed by atoms with E-state index in [1.165, 1.54) is 44.2 Å². The van der Waals surface area contributed by atoms with Crippen LogP contribution in [0.2, 0.25) is 0 Å². The van der Waals surface area contributed by atoms with E-state index in [0.717, 1.165) is 31.5 Å². The van der Waals surface area contributed by atoms with E-state index in [0.29, 0.717) is 5.92 Å². The molecule has 24 heavy (non-hydrogen) atoms. The first-order valence-electron chi connectivity index (χ1n) is 9.39. The fourth-order valence-electron chi connectivity index (χ4n) is 4.52. The number of nitrogens with one attached hydrogen (secondary N) is 2. The highest BCUT2D eigenvalue weighted by Gasteiger charge is 2.46. The number of hydrogen-bond acceptors (Lipinski definition) is 2. The molecule has 1 saturated carbocycles. The van der Waals surface area contributed by atoms with Crippen LogP contribution >= 0.6 is 0 Å². The molecule has 4 heteroatoms. The minimum Gasteiger partial charge on any atom is -0.349 e. The molecule has 3 nitrogen and oxygen atoms in total. The monoisotopic (exact) mass is 332 g/mol. The topological polar surface area (TPSA) is 41.1 Å². The summed E-state index contributed by atoms with van der Waals surface area (Å²) in [5.74, 6) is 0.468. The van der Waals surface area contributed by atoms with Crippen molar-refractivity contribution in [1.82, 2.24) is 10.6 Å². The molecule has 1 aromatic rings. The zero-order valence-electron chi connectivity index (χ0n) is 14.6. The Bertz CT molecular complexity index is 545. The molecule has 2 aliphatic rings. The number of amides is 1. The van der Waals surface area contributed by atoms with Gasteiger partial charge in [0.25, 0.3) is 0 Å². The molecule has 3 rings (SSSR count). The molecule has 1 amide bonds. The summed E-state index contributed by atoms with van der Waals surface area (Å²) < 4.78 is 13.1. The molecule has 2 N–H and O–H groups in total. The first-order chi connectivity index (χ1) is 11.6. The van der Waals surface area contributed by atoms with Gasteiger partial charge in [-0.15, -0.1) is 0 Å². The second-order valence-corrected chi connectivity index (χ2v) is 7.49. The van der Waals surface area contributed by atoms with E-state index >= 15 is 0 Å². The molecule has 1 heterocycles. The average molecular weight is 332 g/mol. The van der Waals surface area contributed by atoms with E-state index in [1.54, 1.807) is 12.1 Å². The van der Waals surface area contributed by atoms with Crippen LogP contribution in [-0.4, -0.2) is 19.0 Å². The van der Waals surface area contributed by atoms with Crippen LogP contribution in [0.15, 0.2) is 24.3 Å². The smallest absolute Gasteiger partial charge is 0.227 e. The average Bonchev–Trinajstić information content (AvgIpc) is 2.63. The van der Waals surface area contributed by atoms with Crippen molar-refractivity contribution in [3.63, 3.8) is 0 Å². The number of carbonyl (C=O) groups is 1. The predicted molar refractivity (Wildman–Crippen MR) is 94.1 cm³/mol. The van der Waals surface area contributed by atoms with Crippen molar-refractivity contribution in [2.24, 2.45) is 11.3 Å². The Labute approximate surface area is 144 Å². The number of benzene rings is 1. The summed E-state index contributed by atoms with van der Waals surface area (Å²) in [7, 11) is 0. The number of piperidine rings is 1. The third kappa shape index (κ3) is 3.64. The molecule has 0 bridgehead atoms. The highest BCUT2D eigenvalue weighted by atomic mass is 19.1. The van der Waals surface area contributed by atoms with E-state index in [4.69, 9.17) is 0 Å². The van der Waals surface area contributed by atoms with E-state index in [1.807, 2.05) is 6.92 Å². The van der Waals surface area contributed by atoms with Gasteiger partial charge in [-0.1, -0.05) is 31.4 Å². The largest absolute Gasteiger partial charge is 0.349 e. The summed E-state index contributed by atoms with van der Waals surface area (Å²) in [5.41, 5.74) is 0.734. The van der Waals surface area contributed by atoms with E-state index in [-0.39, 0.29) is 23.2 Å². The quantitative estimate of drug-likeness (QED) is 0.876. The Morgan fingerprint density at radius 1 is 1.17 bits per heavy atom. The fourth-order valence-corrected chi connectivity index (χ4v) is 4.52. The maximum atomic E-state index is 13.3. The Hall–Kier alpha value is -1.42. The summed E-state index contributed by atoms with van der Waals surface area (Å²) in [6.45, 7) is 3.84. The lowest BCUT2D eigenvalue weighted by atomic mass is 9.63. The van der Waals surface area contributed by atoms with E-state index in [9.17, 15) is 9.18 Å². The molecular formula is C20H29FN2O. The SMILES string of the molecule is CC(NC(=O)C1(C2CCCCC2)CCNCC1)c1ccc(F)cc1. The van der Waals surface area contributed by atoms with Crippen molar-refractivity contribution in [3.05, 3.63) is 35.6 Å². The van der Waals surface area contributed by atoms with Crippen LogP contribution in [0.4, 0.5) is 4.39 Å². The van der Waals surface area contributed by atoms with Gasteiger partial charge in [0.1, 0.15) is 5.82 Å². The third-order valence-corrected chi connectivity index (χ3v) is 6.05. The Morgan fingerprint density at radius 3 is 2.42 bits per heavy atom. The van der Waals surface area contributed by atoms with Crippen molar-refractivity contribution < 1.29 is 9.18 Å². The molecule has 1 aliphatic carbocycles. The highest BCUT2D eigenvalue weighted by molar-refractivity contribution is 5.83. The van der Waals surface area contributed by atoms with Gasteiger partial charge in [-0.3, -0.25) is 4.79 Å². The van der Waals surface area contributed by atoms with Crippen molar-refractivity contribution in [3.8, 4) is 0 Å². The Kier molecular flexibility index (Phi) is 5.54. The van der Waals surface area contributed by atoms with Crippen molar-refractivity contribution in [1.29, 1.82) is 0 Å². The minimum atomic E-state index is -0.241. The van der Waals surface area contributed by atoms with Crippen molar-refractivity contribution >= 4 is 5.91 Å². The standard InChI is InChI=1S/C20H29FN2O/c1-15(16-7-9-18(21)10-8-16)23-19(24)20(11-13-22-14-12-20)17-5-3-2-4-6-17/h7-10,15,17,22H,2-6,11-14H2,1H3,(H,23,24). The lowest BCUT2D eigenvalue weighted by Gasteiger charge is -2.44. The van der Waals surface area contributed by atoms with Crippen LogP contribution in [-0.2, 0) is 4.79 Å². The first kappa shape index (κ1) is 17.4. The van der Waals surface area contributed by atoms with Gasteiger partial charge in [0.15, 0.2) is 0 Å². The molecule has 1 atom stereocenters. The molecule has 0 aromatic heterocycles. The maximum Gasteiger partial charge on any atom is 0.227 e. The molecule has 1 saturated heterocycles. The molecular weight excluding hydrogens is 303 g/mol. The van der Waals surface area contributed by atoms with Crippen LogP contribution < -0.4 is 10.6 Å². The predicted octanol–water partition coefficient (Wildman–Crippen LogP) is 3.95. The zero-order valence-corrected chi connectivity index (χ0v) is 14.6. The fraction of sp³-hybridized carbons (Fsp3) is 0.650. The summed E-state index contributed by atoms with van der Waals surface area (Å²) in [5, 5.41) is 6.64. The number of halogens is 1. The van der Waals surface area contributed by atoms with Crippen LogP contribution in [0, 0.1) is 17.2 Å². The van der Waals surface area contributed by atoms with Crippen LogP contribution in [0.1, 0.15) is 63.5 Å². The van der Waals surface area contributed by atoms with E-state index in [2.05, 4.69) is 10.6 Å². The minimum absolute atomic E-state index is 0.0894. The van der Waals surface area contributed by atoms with Gasteiger partial charge in [0.2, 0.25) is 5.91 Å². The van der Waals surface area contributed by atoms with Gasteiger partial charge in [-0.05, 0) is 69.3 Å². The third-order valence-electron chi connectivity index (χ3n) is 6.05. The number of rotatable bonds is 4. The summed E-state index contributed by atoms with van der Waals surface area (Å²) in [4.78, 5) is 13.3. The normalized spacial score (nSPS) is 22.8. The molecule has 1 aromatic carbocycles. The van der Waals surface area contributed by atoms with Gasteiger partial charge in [0, 0.05) is 0 Å². The molecule has 1 unspecified atom stereocenters. The molecule has 2 fully saturated rings. The van der Waals surface area contributed by atoms with E-state index < -0.39 is 0 Å². The number of carbonyl (C=O) groups excluding carboxylic acids is 1. The molecule has 1 aliphatic heterocycles.